The van der Waals surface area contributed by atoms with Crippen LogP contribution in [-0.2, 0) is 4.79 Å². The van der Waals surface area contributed by atoms with Crippen molar-refractivity contribution in [3.05, 3.63) is 32.2 Å². The molecule has 0 saturated heterocycles. The fourth-order valence-corrected chi connectivity index (χ4v) is 2.29. The highest BCUT2D eigenvalue weighted by atomic mass is 79.9. The van der Waals surface area contributed by atoms with Crippen molar-refractivity contribution in [2.24, 2.45) is 0 Å². The van der Waals surface area contributed by atoms with Crippen molar-refractivity contribution < 1.29 is 19.4 Å². The van der Waals surface area contributed by atoms with Crippen LogP contribution < -0.4 is 9.47 Å². The summed E-state index contributed by atoms with van der Waals surface area (Å²) in [5.74, 6) is 0.486. The summed E-state index contributed by atoms with van der Waals surface area (Å²) in [5.41, 5.74) is 0.877. The normalized spacial score (nSPS) is 10.2. The molecule has 0 aromatic heterocycles. The van der Waals surface area contributed by atoms with E-state index in [0.717, 1.165) is 8.96 Å². The van der Waals surface area contributed by atoms with Gasteiger partial charge in [0.05, 0.1) is 15.0 Å². The summed E-state index contributed by atoms with van der Waals surface area (Å²) < 4.78 is 12.0. The van der Waals surface area contributed by atoms with E-state index in [4.69, 9.17) is 26.2 Å². The lowest BCUT2D eigenvalue weighted by atomic mass is 10.2. The first-order valence-corrected chi connectivity index (χ1v) is 8.65. The highest BCUT2D eigenvalue weighted by Gasteiger charge is 2.09. The number of aryl methyl sites for hydroxylation is 1. The monoisotopic (exact) mass is 454 g/mol. The van der Waals surface area contributed by atoms with E-state index in [1.54, 1.807) is 6.07 Å². The molecule has 7 heteroatoms. The molecule has 0 spiro atoms. The van der Waals surface area contributed by atoms with E-state index in [1.807, 2.05) is 19.1 Å². The van der Waals surface area contributed by atoms with Gasteiger partial charge in [0, 0.05) is 12.5 Å². The van der Waals surface area contributed by atoms with Gasteiger partial charge in [-0.3, -0.25) is 4.79 Å². The lowest BCUT2D eigenvalue weighted by molar-refractivity contribution is -0.137. The number of halogens is 3. The topological polar surface area (TPSA) is 55.8 Å². The number of hydrogen-bond acceptors (Lipinski definition) is 3. The number of hydrogen-bond donors (Lipinski definition) is 1. The summed E-state index contributed by atoms with van der Waals surface area (Å²) >= 11 is 12.7. The Morgan fingerprint density at radius 2 is 2.05 bits per heavy atom. The third kappa shape index (κ3) is 7.51. The first kappa shape index (κ1) is 19.3. The van der Waals surface area contributed by atoms with Crippen LogP contribution in [0.2, 0.25) is 5.02 Å². The van der Waals surface area contributed by atoms with Gasteiger partial charge in [0.1, 0.15) is 18.1 Å². The highest BCUT2D eigenvalue weighted by Crippen LogP contribution is 2.33. The van der Waals surface area contributed by atoms with Gasteiger partial charge in [-0.05, 0) is 69.3 Å². The molecule has 1 aromatic carbocycles. The molecule has 0 saturated carbocycles. The summed E-state index contributed by atoms with van der Waals surface area (Å²) in [6, 6.07) is 3.56. The second-order valence-corrected chi connectivity index (χ2v) is 7.74. The Balaban J connectivity index is 2.54. The van der Waals surface area contributed by atoms with Crippen molar-refractivity contribution in [3.8, 4) is 11.5 Å². The van der Waals surface area contributed by atoms with Gasteiger partial charge in [-0.15, -0.1) is 0 Å². The van der Waals surface area contributed by atoms with Crippen LogP contribution in [0.15, 0.2) is 21.6 Å². The molecule has 0 radical (unpaired) electrons. The molecular formula is C15H17Br2ClO4. The number of carbonyl (C=O) groups is 1. The zero-order chi connectivity index (χ0) is 16.5. The molecular weight excluding hydrogens is 439 g/mol. The zero-order valence-electron chi connectivity index (χ0n) is 12.1. The SMILES string of the molecule is Cc1cc(OCC=C(Br)Br)cc(Cl)c1OCCCCC(=O)O. The number of carboxylic acid groups (broad SMARTS) is 1. The molecule has 1 N–H and O–H groups in total. The van der Waals surface area contributed by atoms with Crippen LogP contribution in [0.5, 0.6) is 11.5 Å². The van der Waals surface area contributed by atoms with Gasteiger partial charge in [0.15, 0.2) is 0 Å². The summed E-state index contributed by atoms with van der Waals surface area (Å²) in [6.45, 7) is 2.74. The third-order valence-corrected chi connectivity index (χ3v) is 3.65. The Morgan fingerprint density at radius 1 is 1.32 bits per heavy atom. The number of unbranched alkanes of at least 4 members (excludes halogenated alkanes) is 1. The van der Waals surface area contributed by atoms with E-state index < -0.39 is 5.97 Å². The summed E-state index contributed by atoms with van der Waals surface area (Å²) in [4.78, 5) is 10.4. The molecule has 0 heterocycles. The molecule has 0 fully saturated rings. The van der Waals surface area contributed by atoms with E-state index in [0.29, 0.717) is 42.6 Å². The maximum Gasteiger partial charge on any atom is 0.303 e. The lowest BCUT2D eigenvalue weighted by Crippen LogP contribution is -2.02. The minimum atomic E-state index is -0.792. The number of ether oxygens (including phenoxy) is 2. The van der Waals surface area contributed by atoms with Crippen molar-refractivity contribution in [3.63, 3.8) is 0 Å². The van der Waals surface area contributed by atoms with Gasteiger partial charge in [-0.2, -0.15) is 0 Å². The Hall–Kier alpha value is -0.720. The van der Waals surface area contributed by atoms with Crippen LogP contribution in [0.1, 0.15) is 24.8 Å². The van der Waals surface area contributed by atoms with Crippen LogP contribution in [-0.4, -0.2) is 24.3 Å². The first-order valence-electron chi connectivity index (χ1n) is 6.69. The van der Waals surface area contributed by atoms with Crippen molar-refractivity contribution in [2.75, 3.05) is 13.2 Å². The van der Waals surface area contributed by atoms with Gasteiger partial charge in [-0.1, -0.05) is 11.6 Å². The van der Waals surface area contributed by atoms with Gasteiger partial charge < -0.3 is 14.6 Å². The molecule has 0 unspecified atom stereocenters. The Kier molecular flexibility index (Phi) is 8.90. The first-order chi connectivity index (χ1) is 10.4. The van der Waals surface area contributed by atoms with Crippen LogP contribution >= 0.6 is 43.5 Å². The van der Waals surface area contributed by atoms with Gasteiger partial charge >= 0.3 is 5.97 Å². The number of carboxylic acids is 1. The zero-order valence-corrected chi connectivity index (χ0v) is 16.0. The molecule has 0 aliphatic carbocycles. The minimum absolute atomic E-state index is 0.152. The van der Waals surface area contributed by atoms with E-state index in [2.05, 4.69) is 31.9 Å². The number of benzene rings is 1. The minimum Gasteiger partial charge on any atom is -0.492 e. The molecule has 22 heavy (non-hydrogen) atoms. The molecule has 1 rings (SSSR count). The van der Waals surface area contributed by atoms with Crippen LogP contribution in [0.25, 0.3) is 0 Å². The predicted octanol–water partition coefficient (Wildman–Crippen LogP) is 5.29. The largest absolute Gasteiger partial charge is 0.492 e. The van der Waals surface area contributed by atoms with Crippen molar-refractivity contribution >= 4 is 49.4 Å². The van der Waals surface area contributed by atoms with Gasteiger partial charge in [0.25, 0.3) is 0 Å². The Labute approximate surface area is 151 Å². The molecule has 0 amide bonds. The van der Waals surface area contributed by atoms with Crippen molar-refractivity contribution in [1.82, 2.24) is 0 Å². The van der Waals surface area contributed by atoms with E-state index >= 15 is 0 Å². The second-order valence-electron chi connectivity index (χ2n) is 4.56. The smallest absolute Gasteiger partial charge is 0.303 e. The van der Waals surface area contributed by atoms with Crippen LogP contribution in [0.3, 0.4) is 0 Å². The van der Waals surface area contributed by atoms with Crippen LogP contribution in [0.4, 0.5) is 0 Å². The van der Waals surface area contributed by atoms with E-state index in [1.165, 1.54) is 0 Å². The number of rotatable bonds is 9. The molecule has 0 atom stereocenters. The Morgan fingerprint density at radius 3 is 2.64 bits per heavy atom. The third-order valence-electron chi connectivity index (χ3n) is 2.72. The van der Waals surface area contributed by atoms with E-state index in [-0.39, 0.29) is 6.42 Å². The maximum absolute atomic E-state index is 10.4. The predicted molar refractivity (Wildman–Crippen MR) is 94.6 cm³/mol. The maximum atomic E-state index is 10.4. The summed E-state index contributed by atoms with van der Waals surface area (Å²) in [5, 5.41) is 9.05. The molecule has 0 aliphatic heterocycles. The fraction of sp³-hybridized carbons (Fsp3) is 0.400. The van der Waals surface area contributed by atoms with Crippen molar-refractivity contribution in [1.29, 1.82) is 0 Å². The quantitative estimate of drug-likeness (QED) is 0.513. The molecule has 4 nitrogen and oxygen atoms in total. The molecule has 0 aliphatic rings. The van der Waals surface area contributed by atoms with Crippen LogP contribution in [0, 0.1) is 6.92 Å². The molecule has 1 aromatic rings. The molecule has 122 valence electrons. The second kappa shape index (κ2) is 10.1. The van der Waals surface area contributed by atoms with Gasteiger partial charge in [-0.25, -0.2) is 0 Å². The molecule has 0 bridgehead atoms. The van der Waals surface area contributed by atoms with E-state index in [9.17, 15) is 4.79 Å². The number of aliphatic carboxylic acids is 1. The Bertz CT molecular complexity index is 519. The standard InChI is InChI=1S/C15H17Br2ClO4/c1-10-8-11(21-7-5-13(16)17)9-12(18)15(10)22-6-3-2-4-14(19)20/h5,8-9H,2-4,6-7H2,1H3,(H,19,20). The van der Waals surface area contributed by atoms with Crippen molar-refractivity contribution in [2.45, 2.75) is 26.2 Å². The highest BCUT2D eigenvalue weighted by molar-refractivity contribution is 9.28. The average molecular weight is 457 g/mol. The summed E-state index contributed by atoms with van der Waals surface area (Å²) in [7, 11) is 0. The van der Waals surface area contributed by atoms with Gasteiger partial charge in [0.2, 0.25) is 0 Å². The summed E-state index contributed by atoms with van der Waals surface area (Å²) in [6.07, 6.45) is 3.24. The fourth-order valence-electron chi connectivity index (χ4n) is 1.72. The average Bonchev–Trinajstić information content (AvgIpc) is 2.40. The lowest BCUT2D eigenvalue weighted by Gasteiger charge is -2.13.